The molecule has 1 aliphatic rings. The van der Waals surface area contributed by atoms with Crippen molar-refractivity contribution < 1.29 is 8.42 Å². The molecule has 0 unspecified atom stereocenters. The van der Waals surface area contributed by atoms with Crippen LogP contribution in [0.1, 0.15) is 25.8 Å². The lowest BCUT2D eigenvalue weighted by atomic mass is 9.93. The molecule has 0 bridgehead atoms. The highest BCUT2D eigenvalue weighted by Gasteiger charge is 2.30. The molecule has 0 atom stereocenters. The third-order valence-corrected chi connectivity index (χ3v) is 5.37. The van der Waals surface area contributed by atoms with Crippen molar-refractivity contribution in [1.82, 2.24) is 10.2 Å². The summed E-state index contributed by atoms with van der Waals surface area (Å²) in [5.74, 6) is 0.948. The van der Waals surface area contributed by atoms with Gasteiger partial charge < -0.3 is 10.2 Å². The van der Waals surface area contributed by atoms with Crippen molar-refractivity contribution in [2.75, 3.05) is 32.9 Å². The van der Waals surface area contributed by atoms with E-state index in [-0.39, 0.29) is 0 Å². The minimum absolute atomic E-state index is 0.346. The monoisotopic (exact) mass is 337 g/mol. The summed E-state index contributed by atoms with van der Waals surface area (Å²) in [7, 11) is -1.31. The minimum atomic E-state index is -3.12. The van der Waals surface area contributed by atoms with E-state index in [4.69, 9.17) is 0 Å². The van der Waals surface area contributed by atoms with Crippen LogP contribution < -0.4 is 5.32 Å². The number of likely N-dealkylation sites (tertiary alicyclic amines) is 1. The molecule has 0 radical (unpaired) electrons. The third kappa shape index (κ3) is 4.96. The average molecular weight is 337 g/mol. The maximum atomic E-state index is 11.5. The van der Waals surface area contributed by atoms with Gasteiger partial charge in [-0.25, -0.2) is 8.42 Å². The highest BCUT2D eigenvalue weighted by Crippen LogP contribution is 2.28. The van der Waals surface area contributed by atoms with E-state index in [1.54, 1.807) is 12.1 Å². The fourth-order valence-electron chi connectivity index (χ4n) is 2.85. The zero-order chi connectivity index (χ0) is 17.1. The van der Waals surface area contributed by atoms with E-state index in [1.165, 1.54) is 12.7 Å². The molecule has 128 valence electrons. The molecule has 6 heteroatoms. The first-order valence-corrected chi connectivity index (χ1v) is 9.85. The van der Waals surface area contributed by atoms with Gasteiger partial charge in [-0.05, 0) is 36.0 Å². The van der Waals surface area contributed by atoms with Crippen LogP contribution in [0.15, 0.2) is 34.2 Å². The van der Waals surface area contributed by atoms with Gasteiger partial charge in [-0.1, -0.05) is 26.0 Å². The number of aliphatic imine (C=N–C) groups is 1. The summed E-state index contributed by atoms with van der Waals surface area (Å²) in [5, 5.41) is 3.40. The van der Waals surface area contributed by atoms with E-state index < -0.39 is 9.84 Å². The van der Waals surface area contributed by atoms with Crippen molar-refractivity contribution in [2.24, 2.45) is 10.4 Å². The molecule has 1 saturated heterocycles. The zero-order valence-electron chi connectivity index (χ0n) is 14.5. The standard InChI is InChI=1S/C17H27N3O2S/c1-17(2)10-12-20(13-17)16(18-3)19-11-9-14-5-7-15(8-6-14)23(4,21)22/h5-8H,9-13H2,1-4H3,(H,18,19). The molecule has 0 spiro atoms. The summed E-state index contributed by atoms with van der Waals surface area (Å²) in [4.78, 5) is 7.03. The van der Waals surface area contributed by atoms with E-state index >= 15 is 0 Å². The highest BCUT2D eigenvalue weighted by atomic mass is 32.2. The quantitative estimate of drug-likeness (QED) is 0.674. The van der Waals surface area contributed by atoms with Gasteiger partial charge in [0.05, 0.1) is 4.90 Å². The Bertz CT molecular complexity index is 664. The topological polar surface area (TPSA) is 61.8 Å². The number of hydrogen-bond acceptors (Lipinski definition) is 3. The molecule has 0 saturated carbocycles. The molecule has 0 amide bonds. The molecule has 5 nitrogen and oxygen atoms in total. The maximum Gasteiger partial charge on any atom is 0.193 e. The van der Waals surface area contributed by atoms with Crippen LogP contribution in [-0.2, 0) is 16.3 Å². The average Bonchev–Trinajstić information content (AvgIpc) is 2.83. The second kappa shape index (κ2) is 6.91. The Balaban J connectivity index is 1.87. The first kappa shape index (κ1) is 17.8. The summed E-state index contributed by atoms with van der Waals surface area (Å²) in [6, 6.07) is 7.09. The Labute approximate surface area is 139 Å². The second-order valence-electron chi connectivity index (χ2n) is 6.98. The van der Waals surface area contributed by atoms with Gasteiger partial charge in [0.25, 0.3) is 0 Å². The predicted molar refractivity (Wildman–Crippen MR) is 94.6 cm³/mol. The molecular weight excluding hydrogens is 310 g/mol. The summed E-state index contributed by atoms with van der Waals surface area (Å²) in [5.41, 5.74) is 1.46. The first-order valence-electron chi connectivity index (χ1n) is 7.96. The van der Waals surface area contributed by atoms with E-state index in [0.717, 1.165) is 37.6 Å². The first-order chi connectivity index (χ1) is 10.7. The zero-order valence-corrected chi connectivity index (χ0v) is 15.3. The van der Waals surface area contributed by atoms with Crippen LogP contribution in [0, 0.1) is 5.41 Å². The Morgan fingerprint density at radius 1 is 1.30 bits per heavy atom. The van der Waals surface area contributed by atoms with Gasteiger partial charge in [0.15, 0.2) is 15.8 Å². The smallest absolute Gasteiger partial charge is 0.193 e. The van der Waals surface area contributed by atoms with Crippen molar-refractivity contribution in [3.8, 4) is 0 Å². The molecule has 2 rings (SSSR count). The molecule has 0 aromatic heterocycles. The van der Waals surface area contributed by atoms with Gasteiger partial charge in [-0.2, -0.15) is 0 Å². The summed E-state index contributed by atoms with van der Waals surface area (Å²) in [6.45, 7) is 7.40. The van der Waals surface area contributed by atoms with Crippen molar-refractivity contribution in [3.63, 3.8) is 0 Å². The lowest BCUT2D eigenvalue weighted by Crippen LogP contribution is -2.41. The van der Waals surface area contributed by atoms with E-state index in [2.05, 4.69) is 29.1 Å². The summed E-state index contributed by atoms with van der Waals surface area (Å²) >= 11 is 0. The molecule has 1 N–H and O–H groups in total. The summed E-state index contributed by atoms with van der Waals surface area (Å²) < 4.78 is 22.9. The Morgan fingerprint density at radius 2 is 1.96 bits per heavy atom. The van der Waals surface area contributed by atoms with Gasteiger partial charge in [0.2, 0.25) is 0 Å². The van der Waals surface area contributed by atoms with Crippen molar-refractivity contribution >= 4 is 15.8 Å². The Hall–Kier alpha value is -1.56. The van der Waals surface area contributed by atoms with Gasteiger partial charge >= 0.3 is 0 Å². The lowest BCUT2D eigenvalue weighted by Gasteiger charge is -2.23. The molecule has 1 fully saturated rings. The molecule has 1 aromatic rings. The number of rotatable bonds is 4. The number of sulfone groups is 1. The highest BCUT2D eigenvalue weighted by molar-refractivity contribution is 7.90. The third-order valence-electron chi connectivity index (χ3n) is 4.24. The van der Waals surface area contributed by atoms with Crippen LogP contribution in [-0.4, -0.2) is 52.2 Å². The van der Waals surface area contributed by atoms with Gasteiger partial charge in [-0.15, -0.1) is 0 Å². The van der Waals surface area contributed by atoms with Crippen LogP contribution in [0.5, 0.6) is 0 Å². The molecule has 1 heterocycles. The predicted octanol–water partition coefficient (Wildman–Crippen LogP) is 1.94. The van der Waals surface area contributed by atoms with Crippen LogP contribution >= 0.6 is 0 Å². The van der Waals surface area contributed by atoms with Crippen LogP contribution in [0.25, 0.3) is 0 Å². The number of benzene rings is 1. The van der Waals surface area contributed by atoms with Crippen LogP contribution in [0.3, 0.4) is 0 Å². The Kier molecular flexibility index (Phi) is 5.34. The van der Waals surface area contributed by atoms with E-state index in [0.29, 0.717) is 10.3 Å². The number of hydrogen-bond donors (Lipinski definition) is 1. The van der Waals surface area contributed by atoms with Crippen molar-refractivity contribution in [1.29, 1.82) is 0 Å². The SMILES string of the molecule is CN=C(NCCc1ccc(S(C)(=O)=O)cc1)N1CCC(C)(C)C1. The number of nitrogens with one attached hydrogen (secondary N) is 1. The number of nitrogens with zero attached hydrogens (tertiary/aromatic N) is 2. The normalized spacial score (nSPS) is 18.3. The Morgan fingerprint density at radius 3 is 2.43 bits per heavy atom. The molecular formula is C17H27N3O2S. The van der Waals surface area contributed by atoms with Crippen molar-refractivity contribution in [2.45, 2.75) is 31.6 Å². The fraction of sp³-hybridized carbons (Fsp3) is 0.588. The summed E-state index contributed by atoms with van der Waals surface area (Å²) in [6.07, 6.45) is 3.24. The number of guanidine groups is 1. The van der Waals surface area contributed by atoms with Gasteiger partial charge in [0, 0.05) is 32.9 Å². The second-order valence-corrected chi connectivity index (χ2v) is 8.99. The molecule has 23 heavy (non-hydrogen) atoms. The lowest BCUT2D eigenvalue weighted by molar-refractivity contribution is 0.370. The van der Waals surface area contributed by atoms with Crippen LogP contribution in [0.4, 0.5) is 0 Å². The molecule has 1 aliphatic heterocycles. The van der Waals surface area contributed by atoms with Crippen LogP contribution in [0.2, 0.25) is 0 Å². The minimum Gasteiger partial charge on any atom is -0.356 e. The molecule has 0 aliphatic carbocycles. The van der Waals surface area contributed by atoms with Gasteiger partial charge in [0.1, 0.15) is 0 Å². The van der Waals surface area contributed by atoms with Gasteiger partial charge in [-0.3, -0.25) is 4.99 Å². The van der Waals surface area contributed by atoms with E-state index in [9.17, 15) is 8.42 Å². The molecule has 1 aromatic carbocycles. The fourth-order valence-corrected chi connectivity index (χ4v) is 3.48. The van der Waals surface area contributed by atoms with Crippen molar-refractivity contribution in [3.05, 3.63) is 29.8 Å². The maximum absolute atomic E-state index is 11.5. The largest absolute Gasteiger partial charge is 0.356 e. The van der Waals surface area contributed by atoms with E-state index in [1.807, 2.05) is 19.2 Å².